The monoisotopic (exact) mass is 408 g/mol. The lowest BCUT2D eigenvalue weighted by Crippen LogP contribution is -2.25. The zero-order valence-corrected chi connectivity index (χ0v) is 18.3. The van der Waals surface area contributed by atoms with Gasteiger partial charge in [-0.15, -0.1) is 11.8 Å². The van der Waals surface area contributed by atoms with Gasteiger partial charge in [-0.2, -0.15) is 0 Å². The van der Waals surface area contributed by atoms with Crippen molar-refractivity contribution in [1.29, 1.82) is 0 Å². The van der Waals surface area contributed by atoms with E-state index in [-0.39, 0.29) is 5.91 Å². The van der Waals surface area contributed by atoms with Crippen molar-refractivity contribution in [2.75, 3.05) is 6.54 Å². The van der Waals surface area contributed by atoms with Crippen molar-refractivity contribution < 1.29 is 9.21 Å². The van der Waals surface area contributed by atoms with Gasteiger partial charge >= 0.3 is 0 Å². The maximum absolute atomic E-state index is 12.2. The zero-order chi connectivity index (χ0) is 20.8. The molecule has 152 valence electrons. The van der Waals surface area contributed by atoms with Gasteiger partial charge in [0, 0.05) is 28.3 Å². The van der Waals surface area contributed by atoms with Crippen LogP contribution in [0.1, 0.15) is 47.6 Å². The Hall–Kier alpha value is -2.53. The fourth-order valence-electron chi connectivity index (χ4n) is 2.81. The van der Waals surface area contributed by atoms with Crippen molar-refractivity contribution in [3.8, 4) is 11.5 Å². The van der Waals surface area contributed by atoms with Crippen LogP contribution in [0.3, 0.4) is 0 Å². The third-order valence-corrected chi connectivity index (χ3v) is 5.71. The zero-order valence-electron chi connectivity index (χ0n) is 17.5. The summed E-state index contributed by atoms with van der Waals surface area (Å²) in [5, 5.41) is 2.96. The summed E-state index contributed by atoms with van der Waals surface area (Å²) in [6.45, 7) is 9.01. The molecule has 0 fully saturated rings. The molecule has 0 bridgehead atoms. The lowest BCUT2D eigenvalue weighted by Gasteiger charge is -2.07. The minimum absolute atomic E-state index is 0.0454. The molecule has 0 saturated heterocycles. The number of carbonyl (C=O) groups is 1. The third-order valence-electron chi connectivity index (χ3n) is 4.69. The van der Waals surface area contributed by atoms with E-state index in [0.717, 1.165) is 29.2 Å². The number of hydrogen-bond donors (Lipinski definition) is 1. The summed E-state index contributed by atoms with van der Waals surface area (Å²) in [4.78, 5) is 18.1. The van der Waals surface area contributed by atoms with E-state index < -0.39 is 0 Å². The largest absolute Gasteiger partial charge is 0.441 e. The molecule has 0 saturated carbocycles. The number of aromatic nitrogens is 1. The average molecular weight is 409 g/mol. The van der Waals surface area contributed by atoms with Gasteiger partial charge in [0.25, 0.3) is 5.91 Å². The number of amides is 1. The summed E-state index contributed by atoms with van der Waals surface area (Å²) in [5.41, 5.74) is 3.72. The van der Waals surface area contributed by atoms with Crippen LogP contribution in [0.4, 0.5) is 0 Å². The molecule has 3 rings (SSSR count). The maximum Gasteiger partial charge on any atom is 0.251 e. The Bertz CT molecular complexity index is 944. The second-order valence-electron chi connectivity index (χ2n) is 7.64. The summed E-state index contributed by atoms with van der Waals surface area (Å²) in [7, 11) is 0. The van der Waals surface area contributed by atoms with Crippen molar-refractivity contribution in [3.05, 3.63) is 71.1 Å². The smallest absolute Gasteiger partial charge is 0.251 e. The van der Waals surface area contributed by atoms with E-state index in [1.807, 2.05) is 31.2 Å². The number of aryl methyl sites for hydroxylation is 2. The van der Waals surface area contributed by atoms with E-state index >= 15 is 0 Å². The molecule has 4 nitrogen and oxygen atoms in total. The maximum atomic E-state index is 12.2. The number of thioether (sulfide) groups is 1. The molecular formula is C24H28N2O2S. The fraction of sp³-hybridized carbons (Fsp3) is 0.333. The van der Waals surface area contributed by atoms with Crippen LogP contribution in [0, 0.1) is 19.8 Å². The van der Waals surface area contributed by atoms with Crippen LogP contribution in [0.15, 0.2) is 57.8 Å². The average Bonchev–Trinajstić information content (AvgIpc) is 3.08. The molecule has 5 heteroatoms. The number of nitrogens with zero attached hydrogens (tertiary/aromatic N) is 1. The van der Waals surface area contributed by atoms with Crippen LogP contribution >= 0.6 is 11.8 Å². The van der Waals surface area contributed by atoms with Gasteiger partial charge in [0.15, 0.2) is 0 Å². The molecule has 0 radical (unpaired) electrons. The Balaban J connectivity index is 1.62. The summed E-state index contributed by atoms with van der Waals surface area (Å²) in [5.74, 6) is 2.71. The number of oxazole rings is 1. The van der Waals surface area contributed by atoms with Gasteiger partial charge in [-0.25, -0.2) is 4.98 Å². The number of nitrogens with one attached hydrogen (secondary N) is 1. The fourth-order valence-corrected chi connectivity index (χ4v) is 3.71. The van der Waals surface area contributed by atoms with Crippen LogP contribution in [0.2, 0.25) is 0 Å². The first-order chi connectivity index (χ1) is 13.9. The van der Waals surface area contributed by atoms with E-state index in [1.165, 1.54) is 10.5 Å². The minimum Gasteiger partial charge on any atom is -0.441 e. The van der Waals surface area contributed by atoms with Gasteiger partial charge in [-0.1, -0.05) is 31.5 Å². The number of rotatable bonds is 8. The summed E-state index contributed by atoms with van der Waals surface area (Å²) in [6, 6.07) is 15.9. The highest BCUT2D eigenvalue weighted by Crippen LogP contribution is 2.28. The molecular weight excluding hydrogens is 380 g/mol. The van der Waals surface area contributed by atoms with Crippen molar-refractivity contribution in [2.45, 2.75) is 44.8 Å². The van der Waals surface area contributed by atoms with Gasteiger partial charge < -0.3 is 9.73 Å². The number of benzene rings is 2. The number of hydrogen-bond acceptors (Lipinski definition) is 4. The van der Waals surface area contributed by atoms with E-state index in [2.05, 4.69) is 55.3 Å². The normalized spacial score (nSPS) is 11.1. The second-order valence-corrected chi connectivity index (χ2v) is 8.69. The molecule has 2 aromatic carbocycles. The lowest BCUT2D eigenvalue weighted by atomic mass is 10.1. The van der Waals surface area contributed by atoms with E-state index in [1.54, 1.807) is 11.8 Å². The third kappa shape index (κ3) is 5.97. The van der Waals surface area contributed by atoms with Crippen molar-refractivity contribution >= 4 is 17.7 Å². The molecule has 1 aromatic heterocycles. The van der Waals surface area contributed by atoms with Crippen LogP contribution < -0.4 is 5.32 Å². The number of carbonyl (C=O) groups excluding carboxylic acids is 1. The van der Waals surface area contributed by atoms with Crippen molar-refractivity contribution in [3.63, 3.8) is 0 Å². The second kappa shape index (κ2) is 9.79. The van der Waals surface area contributed by atoms with Crippen molar-refractivity contribution in [2.24, 2.45) is 5.92 Å². The van der Waals surface area contributed by atoms with Crippen molar-refractivity contribution in [1.82, 2.24) is 10.3 Å². The molecule has 0 aliphatic heterocycles. The molecule has 0 aliphatic rings. The predicted molar refractivity (Wildman–Crippen MR) is 119 cm³/mol. The van der Waals surface area contributed by atoms with Gasteiger partial charge in [0.1, 0.15) is 5.76 Å². The Kier molecular flexibility index (Phi) is 7.15. The highest BCUT2D eigenvalue weighted by Gasteiger charge is 2.13. The van der Waals surface area contributed by atoms with E-state index in [9.17, 15) is 4.79 Å². The summed E-state index contributed by atoms with van der Waals surface area (Å²) in [6.07, 6.45) is 0.975. The summed E-state index contributed by atoms with van der Waals surface area (Å²) < 4.78 is 5.87. The highest BCUT2D eigenvalue weighted by atomic mass is 32.2. The van der Waals surface area contributed by atoms with Crippen LogP contribution in [-0.2, 0) is 5.75 Å². The van der Waals surface area contributed by atoms with Crippen LogP contribution in [0.5, 0.6) is 0 Å². The quantitative estimate of drug-likeness (QED) is 0.463. The summed E-state index contributed by atoms with van der Waals surface area (Å²) >= 11 is 1.75. The topological polar surface area (TPSA) is 55.1 Å². The van der Waals surface area contributed by atoms with E-state index in [0.29, 0.717) is 23.9 Å². The first kappa shape index (κ1) is 21.2. The molecule has 0 spiro atoms. The first-order valence-corrected chi connectivity index (χ1v) is 11.0. The van der Waals surface area contributed by atoms with Crippen LogP contribution in [0.25, 0.3) is 11.5 Å². The molecule has 1 heterocycles. The van der Waals surface area contributed by atoms with Gasteiger partial charge in [0.2, 0.25) is 5.89 Å². The Morgan fingerprint density at radius 2 is 1.76 bits per heavy atom. The molecule has 29 heavy (non-hydrogen) atoms. The molecule has 1 amide bonds. The predicted octanol–water partition coefficient (Wildman–Crippen LogP) is 6.03. The molecule has 0 atom stereocenters. The van der Waals surface area contributed by atoms with Gasteiger partial charge in [-0.3, -0.25) is 4.79 Å². The Morgan fingerprint density at radius 3 is 2.41 bits per heavy atom. The Labute approximate surface area is 177 Å². The van der Waals surface area contributed by atoms with E-state index in [4.69, 9.17) is 4.42 Å². The highest BCUT2D eigenvalue weighted by molar-refractivity contribution is 7.98. The molecule has 0 aliphatic carbocycles. The SMILES string of the molecule is Cc1ccc(SCc2nc(-c3ccc(C(=O)NCCC(C)C)cc3)oc2C)cc1. The minimum atomic E-state index is -0.0454. The first-order valence-electron chi connectivity index (χ1n) is 9.97. The lowest BCUT2D eigenvalue weighted by molar-refractivity contribution is 0.0952. The van der Waals surface area contributed by atoms with Crippen LogP contribution in [-0.4, -0.2) is 17.4 Å². The Morgan fingerprint density at radius 1 is 1.07 bits per heavy atom. The van der Waals surface area contributed by atoms with Gasteiger partial charge in [0.05, 0.1) is 5.69 Å². The standard InChI is InChI=1S/C24H28N2O2S/c1-16(2)13-14-25-23(27)19-7-9-20(10-8-19)24-26-22(18(4)28-24)15-29-21-11-5-17(3)6-12-21/h5-12,16H,13-15H2,1-4H3,(H,25,27). The molecule has 1 N–H and O–H groups in total. The van der Waals surface area contributed by atoms with Gasteiger partial charge in [-0.05, 0) is 62.6 Å². The molecule has 0 unspecified atom stereocenters. The molecule has 3 aromatic rings.